The molecule has 1 aromatic heterocycles. The van der Waals surface area contributed by atoms with Gasteiger partial charge in [-0.1, -0.05) is 0 Å². The van der Waals surface area contributed by atoms with Crippen molar-refractivity contribution < 1.29 is 26.4 Å². The van der Waals surface area contributed by atoms with Crippen LogP contribution in [0.15, 0.2) is 4.42 Å². The highest BCUT2D eigenvalue weighted by Crippen LogP contribution is 2.42. The average molecular weight is 245 g/mol. The van der Waals surface area contributed by atoms with Gasteiger partial charge in [0.25, 0.3) is 5.89 Å². The zero-order chi connectivity index (χ0) is 12.4. The molecule has 0 spiro atoms. The van der Waals surface area contributed by atoms with Crippen LogP contribution in [-0.4, -0.2) is 30.0 Å². The van der Waals surface area contributed by atoms with Gasteiger partial charge < -0.3 is 9.73 Å². The van der Waals surface area contributed by atoms with E-state index in [2.05, 4.69) is 19.9 Å². The first-order chi connectivity index (χ1) is 7.29. The third-order valence-corrected chi connectivity index (χ3v) is 1.68. The van der Waals surface area contributed by atoms with Crippen molar-refractivity contribution in [3.63, 3.8) is 0 Å². The Kier molecular flexibility index (Phi) is 3.46. The maximum absolute atomic E-state index is 12.7. The Morgan fingerprint density at radius 1 is 1.19 bits per heavy atom. The maximum Gasteiger partial charge on any atom is 0.463 e. The van der Waals surface area contributed by atoms with E-state index in [1.165, 1.54) is 0 Å². The molecule has 0 aliphatic heterocycles. The molecule has 0 atom stereocenters. The van der Waals surface area contributed by atoms with Crippen LogP contribution in [0.5, 0.6) is 0 Å². The first kappa shape index (κ1) is 12.8. The highest BCUT2D eigenvalue weighted by molar-refractivity contribution is 4.95. The maximum atomic E-state index is 12.7. The van der Waals surface area contributed by atoms with Gasteiger partial charge >= 0.3 is 12.1 Å². The topological polar surface area (TPSA) is 51.0 Å². The van der Waals surface area contributed by atoms with E-state index in [1.807, 2.05) is 0 Å². The zero-order valence-corrected chi connectivity index (χ0v) is 8.11. The highest BCUT2D eigenvalue weighted by atomic mass is 19.4. The molecule has 9 heteroatoms. The average Bonchev–Trinajstić information content (AvgIpc) is 2.61. The lowest BCUT2D eigenvalue weighted by atomic mass is 10.3. The van der Waals surface area contributed by atoms with Crippen molar-refractivity contribution in [2.45, 2.75) is 18.5 Å². The fraction of sp³-hybridized carbons (Fsp3) is 0.714. The van der Waals surface area contributed by atoms with E-state index >= 15 is 0 Å². The lowest BCUT2D eigenvalue weighted by Crippen LogP contribution is -2.34. The number of nitrogens with one attached hydrogen (secondary N) is 1. The van der Waals surface area contributed by atoms with E-state index in [0.717, 1.165) is 0 Å². The van der Waals surface area contributed by atoms with Crippen LogP contribution in [0.3, 0.4) is 0 Å². The van der Waals surface area contributed by atoms with Gasteiger partial charge in [0.2, 0.25) is 5.89 Å². The molecule has 0 aliphatic carbocycles. The predicted molar refractivity (Wildman–Crippen MR) is 41.9 cm³/mol. The monoisotopic (exact) mass is 245 g/mol. The first-order valence-corrected chi connectivity index (χ1v) is 4.21. The van der Waals surface area contributed by atoms with E-state index in [0.29, 0.717) is 6.54 Å². The second kappa shape index (κ2) is 4.32. The lowest BCUT2D eigenvalue weighted by Gasteiger charge is -2.14. The third kappa shape index (κ3) is 2.46. The molecule has 92 valence electrons. The molecule has 0 saturated heterocycles. The molecule has 0 aromatic carbocycles. The van der Waals surface area contributed by atoms with Crippen molar-refractivity contribution in [3.8, 4) is 0 Å². The lowest BCUT2D eigenvalue weighted by molar-refractivity contribution is -0.297. The molecule has 1 aromatic rings. The van der Waals surface area contributed by atoms with Gasteiger partial charge in [-0.15, -0.1) is 10.2 Å². The van der Waals surface area contributed by atoms with Crippen molar-refractivity contribution in [1.29, 1.82) is 0 Å². The van der Waals surface area contributed by atoms with Crippen LogP contribution in [-0.2, 0) is 12.3 Å². The van der Waals surface area contributed by atoms with Gasteiger partial charge in [0.05, 0.1) is 0 Å². The normalized spacial score (nSPS) is 13.1. The van der Waals surface area contributed by atoms with Crippen LogP contribution in [0.25, 0.3) is 0 Å². The van der Waals surface area contributed by atoms with Crippen molar-refractivity contribution in [3.05, 3.63) is 11.8 Å². The van der Waals surface area contributed by atoms with Crippen LogP contribution in [0.1, 0.15) is 11.8 Å². The molecule has 1 N–H and O–H groups in total. The van der Waals surface area contributed by atoms with E-state index < -0.39 is 18.0 Å². The predicted octanol–water partition coefficient (Wildman–Crippen LogP) is 1.49. The SMILES string of the molecule is CNCCc1nnc(C(F)(F)C(F)(F)F)o1. The number of hydrogen-bond donors (Lipinski definition) is 1. The fourth-order valence-electron chi connectivity index (χ4n) is 0.835. The summed E-state index contributed by atoms with van der Waals surface area (Å²) >= 11 is 0. The van der Waals surface area contributed by atoms with E-state index in [-0.39, 0.29) is 12.3 Å². The molecule has 0 saturated carbocycles. The smallest absolute Gasteiger partial charge is 0.419 e. The number of alkyl halides is 5. The third-order valence-electron chi connectivity index (χ3n) is 1.68. The number of hydrogen-bond acceptors (Lipinski definition) is 4. The van der Waals surface area contributed by atoms with Crippen molar-refractivity contribution in [2.24, 2.45) is 0 Å². The zero-order valence-electron chi connectivity index (χ0n) is 8.11. The summed E-state index contributed by atoms with van der Waals surface area (Å²) in [4.78, 5) is 0. The molecule has 0 fully saturated rings. The summed E-state index contributed by atoms with van der Waals surface area (Å²) in [6.07, 6.45) is -5.66. The Labute approximate surface area is 86.8 Å². The number of aromatic nitrogens is 2. The second-order valence-corrected chi connectivity index (χ2v) is 2.93. The largest absolute Gasteiger partial charge is 0.463 e. The summed E-state index contributed by atoms with van der Waals surface area (Å²) in [5.41, 5.74) is 0. The Bertz CT molecular complexity index is 348. The number of rotatable bonds is 4. The highest BCUT2D eigenvalue weighted by Gasteiger charge is 2.62. The summed E-state index contributed by atoms with van der Waals surface area (Å²) in [7, 11) is 1.58. The van der Waals surface area contributed by atoms with Gasteiger partial charge in [-0.2, -0.15) is 22.0 Å². The Balaban J connectivity index is 2.85. The number of halogens is 5. The molecule has 1 heterocycles. The number of nitrogens with zero attached hydrogens (tertiary/aromatic N) is 2. The Morgan fingerprint density at radius 3 is 2.31 bits per heavy atom. The van der Waals surface area contributed by atoms with Gasteiger partial charge in [-0.3, -0.25) is 0 Å². The molecule has 1 rings (SSSR count). The molecule has 16 heavy (non-hydrogen) atoms. The van der Waals surface area contributed by atoms with Crippen LogP contribution in [0.4, 0.5) is 22.0 Å². The van der Waals surface area contributed by atoms with Gasteiger partial charge in [-0.25, -0.2) is 0 Å². The fourth-order valence-corrected chi connectivity index (χ4v) is 0.835. The van der Waals surface area contributed by atoms with Crippen LogP contribution in [0, 0.1) is 0 Å². The quantitative estimate of drug-likeness (QED) is 0.816. The molecule has 0 bridgehead atoms. The van der Waals surface area contributed by atoms with E-state index in [1.54, 1.807) is 7.05 Å². The van der Waals surface area contributed by atoms with Crippen LogP contribution >= 0.6 is 0 Å². The van der Waals surface area contributed by atoms with Crippen LogP contribution in [0.2, 0.25) is 0 Å². The summed E-state index contributed by atoms with van der Waals surface area (Å²) < 4.78 is 65.2. The van der Waals surface area contributed by atoms with E-state index in [4.69, 9.17) is 0 Å². The Morgan fingerprint density at radius 2 is 1.81 bits per heavy atom. The Hall–Kier alpha value is -1.25. The minimum absolute atomic E-state index is 0.0808. The molecular weight excluding hydrogens is 237 g/mol. The van der Waals surface area contributed by atoms with Gasteiger partial charge in [-0.05, 0) is 7.05 Å². The summed E-state index contributed by atoms with van der Waals surface area (Å²) in [6.45, 7) is 0.333. The molecule has 4 nitrogen and oxygen atoms in total. The summed E-state index contributed by atoms with van der Waals surface area (Å²) in [5.74, 6) is -7.11. The molecule has 0 unspecified atom stereocenters. The van der Waals surface area contributed by atoms with Crippen molar-refractivity contribution >= 4 is 0 Å². The summed E-state index contributed by atoms with van der Waals surface area (Å²) in [5, 5.41) is 8.45. The van der Waals surface area contributed by atoms with Gasteiger partial charge in [0.15, 0.2) is 0 Å². The standard InChI is InChI=1S/C7H8F5N3O/c1-13-3-2-4-14-15-5(16-4)6(8,9)7(10,11)12/h13H,2-3H2,1H3. The van der Waals surface area contributed by atoms with Crippen LogP contribution < -0.4 is 5.32 Å². The summed E-state index contributed by atoms with van der Waals surface area (Å²) in [6, 6.07) is 0. The molecular formula is C7H8F5N3O. The minimum atomic E-state index is -5.74. The molecule has 0 aliphatic rings. The first-order valence-electron chi connectivity index (χ1n) is 4.21. The minimum Gasteiger partial charge on any atom is -0.419 e. The van der Waals surface area contributed by atoms with Gasteiger partial charge in [0.1, 0.15) is 0 Å². The second-order valence-electron chi connectivity index (χ2n) is 2.93. The van der Waals surface area contributed by atoms with Gasteiger partial charge in [0, 0.05) is 13.0 Å². The van der Waals surface area contributed by atoms with Crippen molar-refractivity contribution in [2.75, 3.05) is 13.6 Å². The van der Waals surface area contributed by atoms with Crippen molar-refractivity contribution in [1.82, 2.24) is 15.5 Å². The number of likely N-dealkylation sites (N-methyl/N-ethyl adjacent to an activating group) is 1. The molecule has 0 radical (unpaired) electrons. The van der Waals surface area contributed by atoms with E-state index in [9.17, 15) is 22.0 Å². The molecule has 0 amide bonds.